The summed E-state index contributed by atoms with van der Waals surface area (Å²) in [5.41, 5.74) is 1.33. The number of amides is 1. The first-order chi connectivity index (χ1) is 10.1. The molecular formula is C16H18N2O3. The first-order valence-electron chi connectivity index (χ1n) is 6.70. The summed E-state index contributed by atoms with van der Waals surface area (Å²) in [7, 11) is 1.54. The molecule has 21 heavy (non-hydrogen) atoms. The van der Waals surface area contributed by atoms with Crippen molar-refractivity contribution in [1.82, 2.24) is 4.98 Å². The molecule has 2 rings (SSSR count). The van der Waals surface area contributed by atoms with Gasteiger partial charge in [-0.05, 0) is 44.2 Å². The number of benzene rings is 1. The number of hydrogen-bond acceptors (Lipinski definition) is 4. The van der Waals surface area contributed by atoms with E-state index in [-0.39, 0.29) is 5.91 Å². The quantitative estimate of drug-likeness (QED) is 0.917. The first kappa shape index (κ1) is 14.8. The number of methoxy groups -OCH3 is 1. The van der Waals surface area contributed by atoms with Gasteiger partial charge in [0.05, 0.1) is 13.7 Å². The molecule has 0 spiro atoms. The number of carbonyl (C=O) groups is 1. The third-order valence-corrected chi connectivity index (χ3v) is 2.86. The van der Waals surface area contributed by atoms with Crippen LogP contribution in [0.15, 0.2) is 36.4 Å². The second-order valence-corrected chi connectivity index (χ2v) is 4.42. The van der Waals surface area contributed by atoms with Crippen molar-refractivity contribution in [2.45, 2.75) is 13.8 Å². The van der Waals surface area contributed by atoms with Crippen LogP contribution in [0.4, 0.5) is 5.82 Å². The van der Waals surface area contributed by atoms with Gasteiger partial charge in [-0.25, -0.2) is 4.98 Å². The Bertz CT molecular complexity index is 641. The maximum atomic E-state index is 12.2. The Labute approximate surface area is 123 Å². The van der Waals surface area contributed by atoms with E-state index in [4.69, 9.17) is 9.47 Å². The van der Waals surface area contributed by atoms with Gasteiger partial charge in [-0.2, -0.15) is 0 Å². The molecule has 5 nitrogen and oxygen atoms in total. The van der Waals surface area contributed by atoms with Crippen LogP contribution in [0.25, 0.3) is 0 Å². The molecule has 5 heteroatoms. The molecule has 1 N–H and O–H groups in total. The van der Waals surface area contributed by atoms with E-state index >= 15 is 0 Å². The summed E-state index contributed by atoms with van der Waals surface area (Å²) in [5, 5.41) is 2.76. The van der Waals surface area contributed by atoms with Gasteiger partial charge in [0.15, 0.2) is 11.5 Å². The maximum Gasteiger partial charge on any atom is 0.256 e. The molecule has 1 aromatic carbocycles. The van der Waals surface area contributed by atoms with Crippen molar-refractivity contribution in [3.8, 4) is 11.5 Å². The summed E-state index contributed by atoms with van der Waals surface area (Å²) in [4.78, 5) is 16.5. The number of aryl methyl sites for hydroxylation is 1. The molecule has 0 radical (unpaired) electrons. The van der Waals surface area contributed by atoms with E-state index < -0.39 is 0 Å². The van der Waals surface area contributed by atoms with Crippen LogP contribution in [-0.4, -0.2) is 24.6 Å². The van der Waals surface area contributed by atoms with Crippen LogP contribution in [0, 0.1) is 6.92 Å². The molecule has 1 aromatic heterocycles. The van der Waals surface area contributed by atoms with Gasteiger partial charge in [-0.15, -0.1) is 0 Å². The highest BCUT2D eigenvalue weighted by Gasteiger charge is 2.11. The number of rotatable bonds is 5. The number of aromatic nitrogens is 1. The summed E-state index contributed by atoms with van der Waals surface area (Å²) in [6.07, 6.45) is 0. The third kappa shape index (κ3) is 3.72. The van der Waals surface area contributed by atoms with Gasteiger partial charge in [0.2, 0.25) is 0 Å². The lowest BCUT2D eigenvalue weighted by atomic mass is 10.2. The predicted molar refractivity (Wildman–Crippen MR) is 81.1 cm³/mol. The van der Waals surface area contributed by atoms with Crippen LogP contribution in [0.3, 0.4) is 0 Å². The molecule has 0 aliphatic rings. The largest absolute Gasteiger partial charge is 0.493 e. The topological polar surface area (TPSA) is 60.5 Å². The number of carbonyl (C=O) groups excluding carboxylic acids is 1. The minimum absolute atomic E-state index is 0.241. The van der Waals surface area contributed by atoms with E-state index in [0.717, 1.165) is 5.69 Å². The van der Waals surface area contributed by atoms with Gasteiger partial charge < -0.3 is 14.8 Å². The molecular weight excluding hydrogens is 268 g/mol. The van der Waals surface area contributed by atoms with Crippen LogP contribution < -0.4 is 14.8 Å². The Kier molecular flexibility index (Phi) is 4.77. The van der Waals surface area contributed by atoms with Gasteiger partial charge in [0.1, 0.15) is 5.82 Å². The molecule has 110 valence electrons. The Hall–Kier alpha value is -2.56. The molecule has 1 heterocycles. The van der Waals surface area contributed by atoms with E-state index in [2.05, 4.69) is 10.3 Å². The van der Waals surface area contributed by atoms with Crippen LogP contribution >= 0.6 is 0 Å². The highest BCUT2D eigenvalue weighted by molar-refractivity contribution is 6.04. The van der Waals surface area contributed by atoms with Crippen molar-refractivity contribution < 1.29 is 14.3 Å². The molecule has 0 unspecified atom stereocenters. The van der Waals surface area contributed by atoms with Crippen LogP contribution in [0.2, 0.25) is 0 Å². The van der Waals surface area contributed by atoms with Crippen LogP contribution in [-0.2, 0) is 0 Å². The highest BCUT2D eigenvalue weighted by atomic mass is 16.5. The summed E-state index contributed by atoms with van der Waals surface area (Å²) >= 11 is 0. The van der Waals surface area contributed by atoms with E-state index in [0.29, 0.717) is 29.5 Å². The molecule has 0 saturated heterocycles. The Morgan fingerprint density at radius 3 is 2.71 bits per heavy atom. The summed E-state index contributed by atoms with van der Waals surface area (Å²) in [6.45, 7) is 4.30. The van der Waals surface area contributed by atoms with Gasteiger partial charge in [0, 0.05) is 11.3 Å². The van der Waals surface area contributed by atoms with E-state index in [1.807, 2.05) is 26.0 Å². The molecule has 0 aliphatic heterocycles. The van der Waals surface area contributed by atoms with Crippen molar-refractivity contribution in [2.75, 3.05) is 19.0 Å². The van der Waals surface area contributed by atoms with Crippen LogP contribution in [0.1, 0.15) is 23.0 Å². The van der Waals surface area contributed by atoms with E-state index in [1.165, 1.54) is 0 Å². The zero-order valence-electron chi connectivity index (χ0n) is 12.3. The minimum Gasteiger partial charge on any atom is -0.493 e. The molecule has 0 atom stereocenters. The number of ether oxygens (including phenoxy) is 2. The minimum atomic E-state index is -0.241. The van der Waals surface area contributed by atoms with Gasteiger partial charge in [-0.1, -0.05) is 6.07 Å². The number of nitrogens with one attached hydrogen (secondary N) is 1. The number of nitrogens with zero attached hydrogens (tertiary/aromatic N) is 1. The normalized spacial score (nSPS) is 10.0. The molecule has 1 amide bonds. The molecule has 0 bridgehead atoms. The number of anilines is 1. The second kappa shape index (κ2) is 6.74. The highest BCUT2D eigenvalue weighted by Crippen LogP contribution is 2.28. The standard InChI is InChI=1S/C16H18N2O3/c1-4-21-13-9-8-12(10-14(13)20-3)16(19)18-15-7-5-6-11(2)17-15/h5-10H,4H2,1-3H3,(H,17,18,19). The predicted octanol–water partition coefficient (Wildman–Crippen LogP) is 3.05. The summed E-state index contributed by atoms with van der Waals surface area (Å²) in [6, 6.07) is 10.5. The van der Waals surface area contributed by atoms with E-state index in [9.17, 15) is 4.79 Å². The summed E-state index contributed by atoms with van der Waals surface area (Å²) < 4.78 is 10.7. The van der Waals surface area contributed by atoms with Crippen molar-refractivity contribution in [3.63, 3.8) is 0 Å². The molecule has 2 aromatic rings. The molecule has 0 fully saturated rings. The van der Waals surface area contributed by atoms with Gasteiger partial charge in [0.25, 0.3) is 5.91 Å². The van der Waals surface area contributed by atoms with Gasteiger partial charge >= 0.3 is 0 Å². The maximum absolute atomic E-state index is 12.2. The van der Waals surface area contributed by atoms with Crippen molar-refractivity contribution in [3.05, 3.63) is 47.7 Å². The Morgan fingerprint density at radius 1 is 1.24 bits per heavy atom. The van der Waals surface area contributed by atoms with Crippen molar-refractivity contribution >= 4 is 11.7 Å². The zero-order chi connectivity index (χ0) is 15.2. The average molecular weight is 286 g/mol. The smallest absolute Gasteiger partial charge is 0.256 e. The number of hydrogen-bond donors (Lipinski definition) is 1. The third-order valence-electron chi connectivity index (χ3n) is 2.86. The monoisotopic (exact) mass is 286 g/mol. The zero-order valence-corrected chi connectivity index (χ0v) is 12.3. The van der Waals surface area contributed by atoms with E-state index in [1.54, 1.807) is 31.4 Å². The fourth-order valence-corrected chi connectivity index (χ4v) is 1.88. The van der Waals surface area contributed by atoms with Gasteiger partial charge in [-0.3, -0.25) is 4.79 Å². The Balaban J connectivity index is 2.19. The summed E-state index contributed by atoms with van der Waals surface area (Å²) in [5.74, 6) is 1.43. The lowest BCUT2D eigenvalue weighted by Gasteiger charge is -2.11. The molecule has 0 aliphatic carbocycles. The second-order valence-electron chi connectivity index (χ2n) is 4.42. The lowest BCUT2D eigenvalue weighted by molar-refractivity contribution is 0.102. The fourth-order valence-electron chi connectivity index (χ4n) is 1.88. The van der Waals surface area contributed by atoms with Crippen LogP contribution in [0.5, 0.6) is 11.5 Å². The molecule has 0 saturated carbocycles. The Morgan fingerprint density at radius 2 is 2.05 bits per heavy atom. The lowest BCUT2D eigenvalue weighted by Crippen LogP contribution is -2.13. The number of pyridine rings is 1. The van der Waals surface area contributed by atoms with Crippen molar-refractivity contribution in [1.29, 1.82) is 0 Å². The van der Waals surface area contributed by atoms with Crippen molar-refractivity contribution in [2.24, 2.45) is 0 Å². The first-order valence-corrected chi connectivity index (χ1v) is 6.70. The fraction of sp³-hybridized carbons (Fsp3) is 0.250. The SMILES string of the molecule is CCOc1ccc(C(=O)Nc2cccc(C)n2)cc1OC. The average Bonchev–Trinajstić information content (AvgIpc) is 2.48.